The molecule has 1 amide bonds. The number of amides is 1. The van der Waals surface area contributed by atoms with Crippen LogP contribution in [0.4, 0.5) is 16.0 Å². The molecule has 10 heteroatoms. The first-order chi connectivity index (χ1) is 15.1. The van der Waals surface area contributed by atoms with E-state index < -0.39 is 5.82 Å². The lowest BCUT2D eigenvalue weighted by atomic mass is 10.0. The Kier molecular flexibility index (Phi) is 6.41. The second-order valence-electron chi connectivity index (χ2n) is 7.57. The van der Waals surface area contributed by atoms with E-state index in [0.29, 0.717) is 16.5 Å². The van der Waals surface area contributed by atoms with E-state index in [-0.39, 0.29) is 23.7 Å². The van der Waals surface area contributed by atoms with Crippen LogP contribution in [0, 0.1) is 5.82 Å². The summed E-state index contributed by atoms with van der Waals surface area (Å²) in [4.78, 5) is 33.4. The lowest BCUT2D eigenvalue weighted by Crippen LogP contribution is -2.48. The summed E-state index contributed by atoms with van der Waals surface area (Å²) in [6.45, 7) is 1.49. The first kappa shape index (κ1) is 21.2. The number of rotatable bonds is 6. The highest BCUT2D eigenvalue weighted by Gasteiger charge is 2.39. The number of hydrogen-bond donors (Lipinski definition) is 1. The zero-order valence-corrected chi connectivity index (χ0v) is 17.6. The van der Waals surface area contributed by atoms with E-state index in [1.165, 1.54) is 12.1 Å². The lowest BCUT2D eigenvalue weighted by molar-refractivity contribution is 0.0630. The Morgan fingerprint density at radius 1 is 1.19 bits per heavy atom. The maximum Gasteiger partial charge on any atom is 0.254 e. The van der Waals surface area contributed by atoms with Gasteiger partial charge in [-0.2, -0.15) is 0 Å². The average molecular weight is 444 g/mol. The number of benzene rings is 1. The third kappa shape index (κ3) is 4.99. The topological polar surface area (TPSA) is 100 Å². The molecule has 0 atom stereocenters. The molecule has 0 spiro atoms. The molecule has 1 saturated carbocycles. The number of aromatic nitrogens is 2. The lowest BCUT2D eigenvalue weighted by Gasteiger charge is -2.39. The molecule has 2 aromatic rings. The molecule has 2 fully saturated rings. The minimum Gasteiger partial charge on any atom is -0.390 e. The van der Waals surface area contributed by atoms with Crippen molar-refractivity contribution in [2.45, 2.75) is 37.8 Å². The molecule has 2 aliphatic rings. The highest BCUT2D eigenvalue weighted by Crippen LogP contribution is 2.34. The van der Waals surface area contributed by atoms with E-state index >= 15 is 0 Å². The van der Waals surface area contributed by atoms with E-state index in [9.17, 15) is 9.18 Å². The van der Waals surface area contributed by atoms with E-state index in [4.69, 9.17) is 17.3 Å². The molecule has 0 unspecified atom stereocenters. The maximum absolute atomic E-state index is 14.4. The second kappa shape index (κ2) is 9.38. The Bertz CT molecular complexity index is 986. The van der Waals surface area contributed by atoms with Crippen LogP contribution in [0.1, 0.15) is 36.0 Å². The summed E-state index contributed by atoms with van der Waals surface area (Å²) in [6.07, 6.45) is 8.96. The second-order valence-corrected chi connectivity index (χ2v) is 8.01. The van der Waals surface area contributed by atoms with Crippen molar-refractivity contribution in [3.63, 3.8) is 0 Å². The summed E-state index contributed by atoms with van der Waals surface area (Å²) >= 11 is 5.87. The Balaban J connectivity index is 1.45. The molecule has 4 rings (SSSR count). The fraction of sp³-hybridized carbons (Fsp3) is 0.381. The third-order valence-corrected chi connectivity index (χ3v) is 5.66. The molecule has 0 bridgehead atoms. The molecule has 1 aliphatic heterocycles. The number of aliphatic imine (C=N–C) groups is 2. The van der Waals surface area contributed by atoms with Crippen LogP contribution in [0.2, 0.25) is 5.02 Å². The van der Waals surface area contributed by atoms with Crippen molar-refractivity contribution in [1.29, 1.82) is 0 Å². The van der Waals surface area contributed by atoms with Gasteiger partial charge in [0.05, 0.1) is 23.8 Å². The molecular weight excluding hydrogens is 421 g/mol. The molecule has 2 heterocycles. The molecule has 1 aromatic carbocycles. The summed E-state index contributed by atoms with van der Waals surface area (Å²) in [5.41, 5.74) is 5.57. The van der Waals surface area contributed by atoms with Crippen LogP contribution in [-0.4, -0.2) is 58.6 Å². The van der Waals surface area contributed by atoms with E-state index in [1.54, 1.807) is 18.5 Å². The van der Waals surface area contributed by atoms with Crippen LogP contribution in [0.5, 0.6) is 0 Å². The number of carbonyl (C=O) groups excluding carboxylic acids is 1. The Hall–Kier alpha value is -3.07. The molecule has 0 radical (unpaired) electrons. The SMILES string of the molecule is NC=NC=Nc1ccc(C(=O)N(C2CC2)C2CCN(c3ncc(Cl)cn3)CC2)cc1F. The minimum atomic E-state index is -0.570. The molecule has 162 valence electrons. The molecule has 31 heavy (non-hydrogen) atoms. The van der Waals surface area contributed by atoms with Crippen LogP contribution in [0.3, 0.4) is 0 Å². The first-order valence-electron chi connectivity index (χ1n) is 10.2. The molecule has 1 aliphatic carbocycles. The summed E-state index contributed by atoms with van der Waals surface area (Å²) in [7, 11) is 0. The van der Waals surface area contributed by atoms with Crippen molar-refractivity contribution in [3.05, 3.63) is 47.0 Å². The predicted octanol–water partition coefficient (Wildman–Crippen LogP) is 3.19. The first-order valence-corrected chi connectivity index (χ1v) is 10.5. The number of hydrogen-bond acceptors (Lipinski definition) is 5. The number of halogens is 2. The summed E-state index contributed by atoms with van der Waals surface area (Å²) in [5, 5.41) is 0.500. The van der Waals surface area contributed by atoms with Gasteiger partial charge in [-0.1, -0.05) is 11.6 Å². The van der Waals surface area contributed by atoms with E-state index in [1.807, 2.05) is 4.90 Å². The highest BCUT2D eigenvalue weighted by molar-refractivity contribution is 6.30. The largest absolute Gasteiger partial charge is 0.390 e. The van der Waals surface area contributed by atoms with Gasteiger partial charge in [0.15, 0.2) is 0 Å². The molecular formula is C21H23ClFN7O. The van der Waals surface area contributed by atoms with E-state index in [0.717, 1.165) is 51.4 Å². The minimum absolute atomic E-state index is 0.100. The van der Waals surface area contributed by atoms with Crippen LogP contribution < -0.4 is 10.6 Å². The van der Waals surface area contributed by atoms with Gasteiger partial charge in [-0.3, -0.25) is 4.79 Å². The molecule has 1 aromatic heterocycles. The predicted molar refractivity (Wildman–Crippen MR) is 119 cm³/mol. The smallest absolute Gasteiger partial charge is 0.254 e. The monoisotopic (exact) mass is 443 g/mol. The average Bonchev–Trinajstić information content (AvgIpc) is 3.61. The van der Waals surface area contributed by atoms with Gasteiger partial charge in [0.2, 0.25) is 5.95 Å². The van der Waals surface area contributed by atoms with Crippen molar-refractivity contribution in [1.82, 2.24) is 14.9 Å². The number of piperidine rings is 1. The van der Waals surface area contributed by atoms with E-state index in [2.05, 4.69) is 24.9 Å². The fourth-order valence-electron chi connectivity index (χ4n) is 3.82. The Labute approximate surface area is 184 Å². The van der Waals surface area contributed by atoms with Gasteiger partial charge in [-0.15, -0.1) is 0 Å². The Morgan fingerprint density at radius 3 is 2.48 bits per heavy atom. The third-order valence-electron chi connectivity index (χ3n) is 5.47. The number of nitrogens with two attached hydrogens (primary N) is 1. The van der Waals surface area contributed by atoms with Crippen molar-refractivity contribution in [3.8, 4) is 0 Å². The number of carbonyl (C=O) groups is 1. The van der Waals surface area contributed by atoms with Crippen molar-refractivity contribution < 1.29 is 9.18 Å². The van der Waals surface area contributed by atoms with Gasteiger partial charge >= 0.3 is 0 Å². The maximum atomic E-state index is 14.4. The molecule has 8 nitrogen and oxygen atoms in total. The van der Waals surface area contributed by atoms with Gasteiger partial charge in [0, 0.05) is 30.7 Å². The van der Waals surface area contributed by atoms with Crippen LogP contribution >= 0.6 is 11.6 Å². The summed E-state index contributed by atoms with van der Waals surface area (Å²) in [5.74, 6) is -0.0674. The van der Waals surface area contributed by atoms with Crippen LogP contribution in [-0.2, 0) is 0 Å². The van der Waals surface area contributed by atoms with Crippen molar-refractivity contribution in [2.75, 3.05) is 18.0 Å². The number of nitrogens with zero attached hydrogens (tertiary/aromatic N) is 6. The quantitative estimate of drug-likeness (QED) is 0.546. The van der Waals surface area contributed by atoms with Crippen molar-refractivity contribution in [2.24, 2.45) is 15.7 Å². The normalized spacial score (nSPS) is 17.5. The van der Waals surface area contributed by atoms with Gasteiger partial charge in [-0.05, 0) is 43.9 Å². The van der Waals surface area contributed by atoms with Gasteiger partial charge in [0.1, 0.15) is 17.8 Å². The summed E-state index contributed by atoms with van der Waals surface area (Å²) in [6, 6.07) is 4.65. The fourth-order valence-corrected chi connectivity index (χ4v) is 3.92. The van der Waals surface area contributed by atoms with Crippen LogP contribution in [0.15, 0.2) is 40.6 Å². The highest BCUT2D eigenvalue weighted by atomic mass is 35.5. The molecule has 2 N–H and O–H groups in total. The van der Waals surface area contributed by atoms with Crippen molar-refractivity contribution >= 4 is 41.8 Å². The summed E-state index contributed by atoms with van der Waals surface area (Å²) < 4.78 is 14.4. The zero-order valence-electron chi connectivity index (χ0n) is 16.9. The van der Waals surface area contributed by atoms with Crippen LogP contribution in [0.25, 0.3) is 0 Å². The van der Waals surface area contributed by atoms with Gasteiger partial charge in [-0.25, -0.2) is 24.3 Å². The zero-order chi connectivity index (χ0) is 21.8. The number of anilines is 1. The Morgan fingerprint density at radius 2 is 1.87 bits per heavy atom. The molecule has 1 saturated heterocycles. The van der Waals surface area contributed by atoms with Gasteiger partial charge in [0.25, 0.3) is 5.91 Å². The standard InChI is InChI=1S/C21H23ClFN7O/c22-15-10-26-21(27-11-15)29-7-5-17(6-8-29)30(16-2-3-16)20(31)14-1-4-19(18(23)9-14)28-13-25-12-24/h1,4,9-13,16-17H,2-3,5-8H2,(H2,24,25,28). The van der Waals surface area contributed by atoms with Gasteiger partial charge < -0.3 is 15.5 Å².